The highest BCUT2D eigenvalue weighted by Gasteiger charge is 2.19. The van der Waals surface area contributed by atoms with E-state index in [0.717, 1.165) is 30.4 Å². The molecule has 17 heavy (non-hydrogen) atoms. The third-order valence-corrected chi connectivity index (χ3v) is 3.57. The van der Waals surface area contributed by atoms with Crippen LogP contribution < -0.4 is 4.90 Å². The molecule has 0 aliphatic carbocycles. The zero-order valence-electron chi connectivity index (χ0n) is 10.1. The van der Waals surface area contributed by atoms with Gasteiger partial charge in [0, 0.05) is 38.7 Å². The van der Waals surface area contributed by atoms with Crippen LogP contribution in [0.2, 0.25) is 0 Å². The molecule has 1 aromatic heterocycles. The minimum atomic E-state index is -0.0110. The number of carbonyl (C=O) groups is 1. The predicted molar refractivity (Wildman–Crippen MR) is 69.6 cm³/mol. The summed E-state index contributed by atoms with van der Waals surface area (Å²) in [7, 11) is 3.79. The van der Waals surface area contributed by atoms with Gasteiger partial charge in [-0.25, -0.2) is 0 Å². The smallest absolute Gasteiger partial charge is 0.274 e. The molecule has 1 aromatic rings. The molecule has 0 N–H and O–H groups in total. The highest BCUT2D eigenvalue weighted by Crippen LogP contribution is 2.12. The number of rotatable bonds is 2. The second-order valence-electron chi connectivity index (χ2n) is 4.08. The quantitative estimate of drug-likeness (QED) is 0.776. The van der Waals surface area contributed by atoms with Gasteiger partial charge in [-0.1, -0.05) is 0 Å². The molecule has 1 saturated heterocycles. The van der Waals surface area contributed by atoms with Crippen LogP contribution in [0.4, 0.5) is 5.82 Å². The van der Waals surface area contributed by atoms with Crippen LogP contribution in [0.3, 0.4) is 0 Å². The second kappa shape index (κ2) is 5.35. The van der Waals surface area contributed by atoms with Crippen LogP contribution in [0.25, 0.3) is 0 Å². The van der Waals surface area contributed by atoms with E-state index in [1.807, 2.05) is 41.7 Å². The number of nitrogens with zero attached hydrogens (tertiary/aromatic N) is 4. The van der Waals surface area contributed by atoms with Gasteiger partial charge >= 0.3 is 0 Å². The van der Waals surface area contributed by atoms with E-state index in [-0.39, 0.29) is 5.91 Å². The Morgan fingerprint density at radius 2 is 2.00 bits per heavy atom. The molecule has 92 valence electrons. The third kappa shape index (κ3) is 2.88. The molecule has 0 radical (unpaired) electrons. The molecule has 6 heteroatoms. The van der Waals surface area contributed by atoms with E-state index in [1.165, 1.54) is 0 Å². The molecule has 2 rings (SSSR count). The SMILES string of the molecule is CN(C)c1ccc(C(=O)N2CCSCC2)nn1. The monoisotopic (exact) mass is 252 g/mol. The van der Waals surface area contributed by atoms with E-state index in [4.69, 9.17) is 0 Å². The molecule has 1 fully saturated rings. The van der Waals surface area contributed by atoms with Crippen molar-refractivity contribution in [1.82, 2.24) is 15.1 Å². The van der Waals surface area contributed by atoms with E-state index >= 15 is 0 Å². The fourth-order valence-corrected chi connectivity index (χ4v) is 2.51. The Labute approximate surface area is 105 Å². The topological polar surface area (TPSA) is 49.3 Å². The van der Waals surface area contributed by atoms with Gasteiger partial charge < -0.3 is 9.80 Å². The molecule has 2 heterocycles. The van der Waals surface area contributed by atoms with Crippen LogP contribution in [-0.4, -0.2) is 59.7 Å². The largest absolute Gasteiger partial charge is 0.361 e. The number of amides is 1. The zero-order valence-corrected chi connectivity index (χ0v) is 10.9. The average molecular weight is 252 g/mol. The Kier molecular flexibility index (Phi) is 3.83. The molecular weight excluding hydrogens is 236 g/mol. The first kappa shape index (κ1) is 12.2. The zero-order chi connectivity index (χ0) is 12.3. The molecule has 0 aromatic carbocycles. The summed E-state index contributed by atoms with van der Waals surface area (Å²) in [5, 5.41) is 8.00. The maximum atomic E-state index is 12.1. The van der Waals surface area contributed by atoms with Crippen molar-refractivity contribution in [2.24, 2.45) is 0 Å². The summed E-state index contributed by atoms with van der Waals surface area (Å²) in [4.78, 5) is 15.8. The summed E-state index contributed by atoms with van der Waals surface area (Å²) < 4.78 is 0. The minimum absolute atomic E-state index is 0.0110. The van der Waals surface area contributed by atoms with Crippen molar-refractivity contribution in [3.8, 4) is 0 Å². The molecule has 0 unspecified atom stereocenters. The fourth-order valence-electron chi connectivity index (χ4n) is 1.61. The van der Waals surface area contributed by atoms with Crippen molar-refractivity contribution in [3.05, 3.63) is 17.8 Å². The molecule has 1 aliphatic rings. The maximum Gasteiger partial charge on any atom is 0.274 e. The first-order valence-electron chi connectivity index (χ1n) is 5.56. The number of hydrogen-bond donors (Lipinski definition) is 0. The molecule has 0 bridgehead atoms. The van der Waals surface area contributed by atoms with Crippen LogP contribution in [-0.2, 0) is 0 Å². The van der Waals surface area contributed by atoms with E-state index in [1.54, 1.807) is 6.07 Å². The third-order valence-electron chi connectivity index (χ3n) is 2.63. The predicted octanol–water partition coefficient (Wildman–Crippen LogP) is 0.732. The molecular formula is C11H16N4OS. The van der Waals surface area contributed by atoms with Crippen LogP contribution in [0.1, 0.15) is 10.5 Å². The van der Waals surface area contributed by atoms with Gasteiger partial charge in [0.25, 0.3) is 5.91 Å². The first-order chi connectivity index (χ1) is 8.18. The Balaban J connectivity index is 2.08. The van der Waals surface area contributed by atoms with Crippen LogP contribution in [0.15, 0.2) is 12.1 Å². The summed E-state index contributed by atoms with van der Waals surface area (Å²) in [6, 6.07) is 3.56. The van der Waals surface area contributed by atoms with Gasteiger partial charge in [-0.3, -0.25) is 4.79 Å². The molecule has 1 amide bonds. The minimum Gasteiger partial charge on any atom is -0.361 e. The van der Waals surface area contributed by atoms with Crippen molar-refractivity contribution < 1.29 is 4.79 Å². The van der Waals surface area contributed by atoms with E-state index in [2.05, 4.69) is 10.2 Å². The van der Waals surface area contributed by atoms with Gasteiger partial charge in [0.15, 0.2) is 11.5 Å². The van der Waals surface area contributed by atoms with Crippen LogP contribution in [0.5, 0.6) is 0 Å². The fraction of sp³-hybridized carbons (Fsp3) is 0.545. The van der Waals surface area contributed by atoms with Crippen molar-refractivity contribution in [3.63, 3.8) is 0 Å². The van der Waals surface area contributed by atoms with E-state index in [9.17, 15) is 4.79 Å². The number of anilines is 1. The van der Waals surface area contributed by atoms with Gasteiger partial charge in [0.2, 0.25) is 0 Å². The van der Waals surface area contributed by atoms with Crippen molar-refractivity contribution in [2.75, 3.05) is 43.6 Å². The molecule has 1 aliphatic heterocycles. The number of hydrogen-bond acceptors (Lipinski definition) is 5. The molecule has 5 nitrogen and oxygen atoms in total. The normalized spacial score (nSPS) is 15.8. The summed E-state index contributed by atoms with van der Waals surface area (Å²) >= 11 is 1.88. The molecule has 0 atom stereocenters. The summed E-state index contributed by atoms with van der Waals surface area (Å²) in [5.74, 6) is 2.77. The highest BCUT2D eigenvalue weighted by atomic mass is 32.2. The number of carbonyl (C=O) groups excluding carboxylic acids is 1. The van der Waals surface area contributed by atoms with Crippen molar-refractivity contribution in [1.29, 1.82) is 0 Å². The second-order valence-corrected chi connectivity index (χ2v) is 5.30. The van der Waals surface area contributed by atoms with Gasteiger partial charge in [-0.05, 0) is 12.1 Å². The highest BCUT2D eigenvalue weighted by molar-refractivity contribution is 7.99. The Bertz CT molecular complexity index is 387. The summed E-state index contributed by atoms with van der Waals surface area (Å²) in [6.07, 6.45) is 0. The number of thioether (sulfide) groups is 1. The lowest BCUT2D eigenvalue weighted by molar-refractivity contribution is 0.0765. The number of aromatic nitrogens is 2. The van der Waals surface area contributed by atoms with Crippen LogP contribution in [0, 0.1) is 0 Å². The van der Waals surface area contributed by atoms with Gasteiger partial charge in [-0.2, -0.15) is 11.8 Å². The van der Waals surface area contributed by atoms with Crippen molar-refractivity contribution >= 4 is 23.5 Å². The standard InChI is InChI=1S/C11H16N4OS/c1-14(2)10-4-3-9(12-13-10)11(16)15-5-7-17-8-6-15/h3-4H,5-8H2,1-2H3. The maximum absolute atomic E-state index is 12.1. The molecule has 0 spiro atoms. The summed E-state index contributed by atoms with van der Waals surface area (Å²) in [5.41, 5.74) is 0.433. The Morgan fingerprint density at radius 1 is 1.29 bits per heavy atom. The Hall–Kier alpha value is -1.30. The first-order valence-corrected chi connectivity index (χ1v) is 6.72. The lowest BCUT2D eigenvalue weighted by atomic mass is 10.3. The van der Waals surface area contributed by atoms with Gasteiger partial charge in [-0.15, -0.1) is 10.2 Å². The van der Waals surface area contributed by atoms with Gasteiger partial charge in [0.05, 0.1) is 0 Å². The lowest BCUT2D eigenvalue weighted by Gasteiger charge is -2.25. The Morgan fingerprint density at radius 3 is 2.53 bits per heavy atom. The van der Waals surface area contributed by atoms with Crippen LogP contribution >= 0.6 is 11.8 Å². The van der Waals surface area contributed by atoms with E-state index in [0.29, 0.717) is 5.69 Å². The average Bonchev–Trinajstić information content (AvgIpc) is 2.39. The van der Waals surface area contributed by atoms with Crippen molar-refractivity contribution in [2.45, 2.75) is 0 Å². The van der Waals surface area contributed by atoms with E-state index < -0.39 is 0 Å². The molecule has 0 saturated carbocycles. The summed E-state index contributed by atoms with van der Waals surface area (Å²) in [6.45, 7) is 1.61. The lowest BCUT2D eigenvalue weighted by Crippen LogP contribution is -2.38. The van der Waals surface area contributed by atoms with Gasteiger partial charge in [0.1, 0.15) is 0 Å².